The molecule has 2 amide bonds. The molecule has 1 aliphatic rings. The summed E-state index contributed by atoms with van der Waals surface area (Å²) in [5.74, 6) is 0. The van der Waals surface area contributed by atoms with Crippen LogP contribution in [0.4, 0.5) is 4.79 Å². The molecule has 146 valence electrons. The molecule has 1 fully saturated rings. The van der Waals surface area contributed by atoms with E-state index in [2.05, 4.69) is 19.9 Å². The number of pyridine rings is 1. The molecule has 0 atom stereocenters. The number of carbonyl (C=O) groups excluding carboxylic acids is 1. The zero-order valence-corrected chi connectivity index (χ0v) is 16.1. The van der Waals surface area contributed by atoms with E-state index in [1.54, 1.807) is 12.4 Å². The van der Waals surface area contributed by atoms with Crippen LogP contribution in [0.2, 0.25) is 0 Å². The van der Waals surface area contributed by atoms with E-state index in [1.807, 2.05) is 35.8 Å². The van der Waals surface area contributed by atoms with E-state index in [0.717, 1.165) is 31.4 Å². The van der Waals surface area contributed by atoms with Crippen LogP contribution in [-0.4, -0.2) is 38.1 Å². The number of aryl methyl sites for hydroxylation is 1. The number of hydrogen-bond donors (Lipinski definition) is 1. The van der Waals surface area contributed by atoms with Crippen molar-refractivity contribution in [3.8, 4) is 0 Å². The van der Waals surface area contributed by atoms with E-state index in [0.29, 0.717) is 19.1 Å². The fraction of sp³-hybridized carbons (Fsp3) is 0.571. The summed E-state index contributed by atoms with van der Waals surface area (Å²) in [7, 11) is 0. The highest BCUT2D eigenvalue weighted by Crippen LogP contribution is 2.17. The molecule has 2 heterocycles. The van der Waals surface area contributed by atoms with E-state index >= 15 is 0 Å². The van der Waals surface area contributed by atoms with E-state index in [1.165, 1.54) is 32.1 Å². The summed E-state index contributed by atoms with van der Waals surface area (Å²) in [6.07, 6.45) is 18.6. The number of nitrogens with one attached hydrogen (secondary N) is 1. The minimum absolute atomic E-state index is 0.0510. The van der Waals surface area contributed by atoms with Crippen molar-refractivity contribution in [2.45, 2.75) is 70.5 Å². The third-order valence-corrected chi connectivity index (χ3v) is 5.22. The Labute approximate surface area is 162 Å². The Kier molecular flexibility index (Phi) is 7.69. The van der Waals surface area contributed by atoms with Gasteiger partial charge in [-0.1, -0.05) is 38.2 Å². The van der Waals surface area contributed by atoms with E-state index in [9.17, 15) is 4.79 Å². The lowest BCUT2D eigenvalue weighted by molar-refractivity contribution is 0.186. The summed E-state index contributed by atoms with van der Waals surface area (Å²) in [5.41, 5.74) is 1.06. The van der Waals surface area contributed by atoms with Crippen LogP contribution in [0.1, 0.15) is 56.9 Å². The topological polar surface area (TPSA) is 63.1 Å². The number of carbonyl (C=O) groups is 1. The molecule has 6 heteroatoms. The molecule has 3 rings (SSSR count). The van der Waals surface area contributed by atoms with Crippen molar-refractivity contribution in [2.75, 3.05) is 6.54 Å². The van der Waals surface area contributed by atoms with E-state index < -0.39 is 0 Å². The second-order valence-corrected chi connectivity index (χ2v) is 7.43. The summed E-state index contributed by atoms with van der Waals surface area (Å²) in [4.78, 5) is 23.2. The molecule has 1 N–H and O–H groups in total. The second kappa shape index (κ2) is 10.7. The zero-order chi connectivity index (χ0) is 18.7. The highest BCUT2D eigenvalue weighted by Gasteiger charge is 2.19. The predicted molar refractivity (Wildman–Crippen MR) is 106 cm³/mol. The van der Waals surface area contributed by atoms with Gasteiger partial charge in [0, 0.05) is 50.5 Å². The summed E-state index contributed by atoms with van der Waals surface area (Å²) >= 11 is 0. The van der Waals surface area contributed by atoms with E-state index in [4.69, 9.17) is 0 Å². The summed E-state index contributed by atoms with van der Waals surface area (Å²) in [5, 5.41) is 3.30. The number of imidazole rings is 1. The largest absolute Gasteiger partial charge is 0.337 e. The number of hydrogen-bond acceptors (Lipinski definition) is 3. The van der Waals surface area contributed by atoms with Gasteiger partial charge in [-0.05, 0) is 30.9 Å². The monoisotopic (exact) mass is 369 g/mol. The lowest BCUT2D eigenvalue weighted by Gasteiger charge is -2.27. The van der Waals surface area contributed by atoms with Crippen LogP contribution in [0, 0.1) is 0 Å². The number of rotatable bonds is 7. The highest BCUT2D eigenvalue weighted by molar-refractivity contribution is 5.74. The highest BCUT2D eigenvalue weighted by atomic mass is 16.2. The average molecular weight is 370 g/mol. The van der Waals surface area contributed by atoms with Gasteiger partial charge in [0.15, 0.2) is 0 Å². The standard InChI is InChI=1S/C21H31N5O/c27-21(24-20-9-4-2-1-3-5-10-20)26(17-19-8-6-11-22-16-19)14-7-13-25-15-12-23-18-25/h6,8,11-12,15-16,18,20H,1-5,7,9-10,13-14,17H2,(H,24,27). The van der Waals surface area contributed by atoms with Gasteiger partial charge in [-0.3, -0.25) is 4.98 Å². The van der Waals surface area contributed by atoms with Crippen molar-refractivity contribution in [1.82, 2.24) is 24.8 Å². The maximum Gasteiger partial charge on any atom is 0.317 e. The molecule has 0 aliphatic heterocycles. The fourth-order valence-corrected chi connectivity index (χ4v) is 3.69. The molecule has 0 aromatic carbocycles. The minimum Gasteiger partial charge on any atom is -0.337 e. The lowest BCUT2D eigenvalue weighted by atomic mass is 9.97. The SMILES string of the molecule is O=C(NC1CCCCCCC1)N(CCCn1ccnc1)Cc1cccnc1. The molecule has 6 nitrogen and oxygen atoms in total. The Morgan fingerprint density at radius 2 is 1.96 bits per heavy atom. The first kappa shape index (κ1) is 19.4. The molecule has 2 aromatic heterocycles. The van der Waals surface area contributed by atoms with Crippen LogP contribution in [-0.2, 0) is 13.1 Å². The normalized spacial score (nSPS) is 15.7. The Hall–Kier alpha value is -2.37. The maximum absolute atomic E-state index is 13.0. The van der Waals surface area contributed by atoms with E-state index in [-0.39, 0.29) is 6.03 Å². The molecular weight excluding hydrogens is 338 g/mol. The van der Waals surface area contributed by atoms with Crippen LogP contribution in [0.5, 0.6) is 0 Å². The van der Waals surface area contributed by atoms with Gasteiger partial charge in [0.25, 0.3) is 0 Å². The number of amides is 2. The first-order valence-corrected chi connectivity index (χ1v) is 10.2. The first-order valence-electron chi connectivity index (χ1n) is 10.2. The fourth-order valence-electron chi connectivity index (χ4n) is 3.69. The molecule has 27 heavy (non-hydrogen) atoms. The number of aromatic nitrogens is 3. The Morgan fingerprint density at radius 3 is 2.67 bits per heavy atom. The Balaban J connectivity index is 1.57. The van der Waals surface area contributed by atoms with Crippen molar-refractivity contribution >= 4 is 6.03 Å². The van der Waals surface area contributed by atoms with Gasteiger partial charge < -0.3 is 14.8 Å². The molecular formula is C21H31N5O. The van der Waals surface area contributed by atoms with Crippen LogP contribution < -0.4 is 5.32 Å². The van der Waals surface area contributed by atoms with Crippen molar-refractivity contribution in [1.29, 1.82) is 0 Å². The number of nitrogens with zero attached hydrogens (tertiary/aromatic N) is 4. The summed E-state index contributed by atoms with van der Waals surface area (Å²) < 4.78 is 2.05. The second-order valence-electron chi connectivity index (χ2n) is 7.43. The van der Waals surface area contributed by atoms with Crippen LogP contribution in [0.3, 0.4) is 0 Å². The van der Waals surface area contributed by atoms with Crippen molar-refractivity contribution in [3.05, 3.63) is 48.8 Å². The minimum atomic E-state index is 0.0510. The molecule has 0 spiro atoms. The molecule has 2 aromatic rings. The third kappa shape index (κ3) is 6.70. The quantitative estimate of drug-likeness (QED) is 0.802. The lowest BCUT2D eigenvalue weighted by Crippen LogP contribution is -2.45. The van der Waals surface area contributed by atoms with Crippen molar-refractivity contribution in [2.24, 2.45) is 0 Å². The van der Waals surface area contributed by atoms with Crippen molar-refractivity contribution in [3.63, 3.8) is 0 Å². The molecule has 0 saturated heterocycles. The molecule has 1 aliphatic carbocycles. The van der Waals surface area contributed by atoms with Gasteiger partial charge >= 0.3 is 6.03 Å². The smallest absolute Gasteiger partial charge is 0.317 e. The van der Waals surface area contributed by atoms with Gasteiger partial charge in [-0.25, -0.2) is 9.78 Å². The molecule has 0 unspecified atom stereocenters. The zero-order valence-electron chi connectivity index (χ0n) is 16.1. The Bertz CT molecular complexity index is 650. The Morgan fingerprint density at radius 1 is 1.15 bits per heavy atom. The molecule has 0 bridgehead atoms. The summed E-state index contributed by atoms with van der Waals surface area (Å²) in [6.45, 7) is 2.17. The van der Waals surface area contributed by atoms with Gasteiger partial charge in [-0.15, -0.1) is 0 Å². The van der Waals surface area contributed by atoms with Crippen molar-refractivity contribution < 1.29 is 4.79 Å². The predicted octanol–water partition coefficient (Wildman–Crippen LogP) is 3.99. The third-order valence-electron chi connectivity index (χ3n) is 5.22. The average Bonchev–Trinajstić information content (AvgIpc) is 3.17. The molecule has 0 radical (unpaired) electrons. The van der Waals surface area contributed by atoms with Gasteiger partial charge in [0.05, 0.1) is 6.33 Å². The van der Waals surface area contributed by atoms with Crippen LogP contribution >= 0.6 is 0 Å². The van der Waals surface area contributed by atoms with Gasteiger partial charge in [0.1, 0.15) is 0 Å². The van der Waals surface area contributed by atoms with Crippen LogP contribution in [0.25, 0.3) is 0 Å². The van der Waals surface area contributed by atoms with Crippen LogP contribution in [0.15, 0.2) is 43.2 Å². The number of urea groups is 1. The first-order chi connectivity index (χ1) is 13.3. The molecule has 1 saturated carbocycles. The summed E-state index contributed by atoms with van der Waals surface area (Å²) in [6, 6.07) is 4.31. The van der Waals surface area contributed by atoms with Gasteiger partial charge in [0.2, 0.25) is 0 Å². The maximum atomic E-state index is 13.0. The van der Waals surface area contributed by atoms with Gasteiger partial charge in [-0.2, -0.15) is 0 Å².